The molecule has 0 unspecified atom stereocenters. The van der Waals surface area contributed by atoms with E-state index in [1.807, 2.05) is 48.5 Å². The van der Waals surface area contributed by atoms with Crippen LogP contribution in [0.5, 0.6) is 0 Å². The zero-order chi connectivity index (χ0) is 14.7. The van der Waals surface area contributed by atoms with Crippen molar-refractivity contribution in [1.82, 2.24) is 0 Å². The molecule has 0 amide bonds. The normalized spacial score (nSPS) is 17.1. The van der Waals surface area contributed by atoms with Crippen molar-refractivity contribution in [3.8, 4) is 11.1 Å². The minimum absolute atomic E-state index is 0.644. The zero-order valence-electron chi connectivity index (χ0n) is 12.0. The van der Waals surface area contributed by atoms with Gasteiger partial charge in [0.1, 0.15) is 0 Å². The minimum atomic E-state index is -0.644. The van der Waals surface area contributed by atoms with E-state index in [0.29, 0.717) is 5.69 Å². The van der Waals surface area contributed by atoms with Crippen LogP contribution in [0.15, 0.2) is 48.5 Å². The van der Waals surface area contributed by atoms with Crippen LogP contribution in [-0.2, 0) is 5.60 Å². The summed E-state index contributed by atoms with van der Waals surface area (Å²) in [5.74, 6) is 0. The lowest BCUT2D eigenvalue weighted by molar-refractivity contribution is -0.000612. The van der Waals surface area contributed by atoms with Crippen LogP contribution in [0.3, 0.4) is 0 Å². The average molecular weight is 277 g/mol. The molecule has 2 aromatic rings. The molecule has 0 aliphatic heterocycles. The van der Waals surface area contributed by atoms with Gasteiger partial charge in [0.15, 0.2) is 5.69 Å². The molecule has 0 saturated heterocycles. The molecule has 1 saturated carbocycles. The van der Waals surface area contributed by atoms with Crippen LogP contribution in [0.4, 0.5) is 5.69 Å². The molecule has 2 aromatic carbocycles. The van der Waals surface area contributed by atoms with E-state index in [1.165, 1.54) is 6.42 Å². The monoisotopic (exact) mass is 277 g/mol. The summed E-state index contributed by atoms with van der Waals surface area (Å²) in [7, 11) is 0. The van der Waals surface area contributed by atoms with Crippen LogP contribution in [0, 0.1) is 6.57 Å². The van der Waals surface area contributed by atoms with E-state index in [2.05, 4.69) is 4.85 Å². The lowest BCUT2D eigenvalue weighted by Gasteiger charge is -2.32. The molecule has 1 N–H and O–H groups in total. The van der Waals surface area contributed by atoms with Gasteiger partial charge in [0, 0.05) is 0 Å². The molecule has 21 heavy (non-hydrogen) atoms. The molecular weight excluding hydrogens is 258 g/mol. The highest BCUT2D eigenvalue weighted by molar-refractivity contribution is 5.68. The van der Waals surface area contributed by atoms with E-state index in [9.17, 15) is 5.11 Å². The Hall–Kier alpha value is -2.11. The molecule has 2 nitrogen and oxygen atoms in total. The summed E-state index contributed by atoms with van der Waals surface area (Å²) in [6, 6.07) is 15.8. The first-order chi connectivity index (χ1) is 10.2. The smallest absolute Gasteiger partial charge is 0.187 e. The molecule has 1 aliphatic carbocycles. The van der Waals surface area contributed by atoms with Gasteiger partial charge in [-0.1, -0.05) is 61.7 Å². The molecule has 0 bridgehead atoms. The van der Waals surface area contributed by atoms with Crippen molar-refractivity contribution in [3.05, 3.63) is 65.5 Å². The summed E-state index contributed by atoms with van der Waals surface area (Å²) in [4.78, 5) is 3.47. The van der Waals surface area contributed by atoms with Crippen molar-refractivity contribution in [1.29, 1.82) is 0 Å². The Morgan fingerprint density at radius 3 is 2.29 bits per heavy atom. The fraction of sp³-hybridized carbons (Fsp3) is 0.316. The first-order valence-electron chi connectivity index (χ1n) is 7.52. The quantitative estimate of drug-likeness (QED) is 0.763. The highest BCUT2D eigenvalue weighted by atomic mass is 16.3. The lowest BCUT2D eigenvalue weighted by Crippen LogP contribution is -2.28. The third kappa shape index (κ3) is 2.84. The maximum Gasteiger partial charge on any atom is 0.187 e. The highest BCUT2D eigenvalue weighted by Crippen LogP contribution is 2.37. The second kappa shape index (κ2) is 5.71. The Bertz CT molecular complexity index is 661. The van der Waals surface area contributed by atoms with Gasteiger partial charge in [-0.3, -0.25) is 0 Å². The van der Waals surface area contributed by atoms with Gasteiger partial charge in [0.2, 0.25) is 0 Å². The summed E-state index contributed by atoms with van der Waals surface area (Å²) < 4.78 is 0. The highest BCUT2D eigenvalue weighted by Gasteiger charge is 2.30. The van der Waals surface area contributed by atoms with E-state index < -0.39 is 5.60 Å². The predicted octanol–water partition coefficient (Wildman–Crippen LogP) is 5.06. The summed E-state index contributed by atoms with van der Waals surface area (Å²) in [6.45, 7) is 7.09. The van der Waals surface area contributed by atoms with E-state index in [4.69, 9.17) is 6.57 Å². The van der Waals surface area contributed by atoms with Gasteiger partial charge in [0.05, 0.1) is 12.2 Å². The molecule has 0 atom stereocenters. The van der Waals surface area contributed by atoms with Crippen molar-refractivity contribution >= 4 is 5.69 Å². The number of hydrogen-bond donors (Lipinski definition) is 1. The third-order valence-corrected chi connectivity index (χ3v) is 4.41. The standard InChI is InChI=1S/C19H19NO/c1-20-18-7-5-6-16(14-18)15-8-10-17(11-9-15)19(21)12-3-2-4-13-19/h5-11,14,21H,2-4,12-13H2. The number of hydrogen-bond acceptors (Lipinski definition) is 1. The van der Waals surface area contributed by atoms with Gasteiger partial charge >= 0.3 is 0 Å². The number of rotatable bonds is 2. The Morgan fingerprint density at radius 2 is 1.62 bits per heavy atom. The fourth-order valence-corrected chi connectivity index (χ4v) is 3.15. The van der Waals surface area contributed by atoms with E-state index >= 15 is 0 Å². The van der Waals surface area contributed by atoms with Crippen molar-refractivity contribution < 1.29 is 5.11 Å². The summed E-state index contributed by atoms with van der Waals surface area (Å²) >= 11 is 0. The molecule has 0 heterocycles. The molecule has 1 aliphatic rings. The summed E-state index contributed by atoms with van der Waals surface area (Å²) in [6.07, 6.45) is 5.15. The van der Waals surface area contributed by atoms with Gasteiger partial charge in [0.25, 0.3) is 0 Å². The van der Waals surface area contributed by atoms with Gasteiger partial charge in [-0.25, -0.2) is 4.85 Å². The maximum absolute atomic E-state index is 10.7. The van der Waals surface area contributed by atoms with Gasteiger partial charge in [-0.15, -0.1) is 0 Å². The van der Waals surface area contributed by atoms with Gasteiger partial charge in [-0.2, -0.15) is 0 Å². The van der Waals surface area contributed by atoms with Crippen molar-refractivity contribution in [2.75, 3.05) is 0 Å². The molecule has 1 fully saturated rings. The zero-order valence-corrected chi connectivity index (χ0v) is 12.0. The Kier molecular flexibility index (Phi) is 3.77. The van der Waals surface area contributed by atoms with Crippen LogP contribution in [-0.4, -0.2) is 5.11 Å². The van der Waals surface area contributed by atoms with Crippen LogP contribution in [0.2, 0.25) is 0 Å². The van der Waals surface area contributed by atoms with E-state index in [0.717, 1.165) is 42.4 Å². The van der Waals surface area contributed by atoms with Crippen LogP contribution < -0.4 is 0 Å². The van der Waals surface area contributed by atoms with Crippen molar-refractivity contribution in [2.45, 2.75) is 37.7 Å². The fourth-order valence-electron chi connectivity index (χ4n) is 3.15. The van der Waals surface area contributed by atoms with Gasteiger partial charge in [-0.05, 0) is 35.6 Å². The van der Waals surface area contributed by atoms with Crippen molar-refractivity contribution in [3.63, 3.8) is 0 Å². The molecule has 0 aromatic heterocycles. The Balaban J connectivity index is 1.88. The average Bonchev–Trinajstić information content (AvgIpc) is 2.56. The molecule has 106 valence electrons. The van der Waals surface area contributed by atoms with Crippen LogP contribution >= 0.6 is 0 Å². The molecule has 2 heteroatoms. The lowest BCUT2D eigenvalue weighted by atomic mass is 9.79. The Labute approximate surface area is 125 Å². The molecule has 3 rings (SSSR count). The van der Waals surface area contributed by atoms with Gasteiger partial charge < -0.3 is 5.11 Å². The van der Waals surface area contributed by atoms with Crippen LogP contribution in [0.25, 0.3) is 16.0 Å². The van der Waals surface area contributed by atoms with Crippen LogP contribution in [0.1, 0.15) is 37.7 Å². The largest absolute Gasteiger partial charge is 0.385 e. The molecule has 0 radical (unpaired) electrons. The predicted molar refractivity (Wildman–Crippen MR) is 85.1 cm³/mol. The maximum atomic E-state index is 10.7. The van der Waals surface area contributed by atoms with E-state index in [-0.39, 0.29) is 0 Å². The first-order valence-corrected chi connectivity index (χ1v) is 7.52. The Morgan fingerprint density at radius 1 is 0.905 bits per heavy atom. The molecule has 0 spiro atoms. The number of benzene rings is 2. The van der Waals surface area contributed by atoms with Crippen molar-refractivity contribution in [2.24, 2.45) is 0 Å². The summed E-state index contributed by atoms with van der Waals surface area (Å²) in [5, 5.41) is 10.7. The first kappa shape index (κ1) is 13.9. The topological polar surface area (TPSA) is 24.6 Å². The third-order valence-electron chi connectivity index (χ3n) is 4.41. The second-order valence-electron chi connectivity index (χ2n) is 5.83. The SMILES string of the molecule is [C-]#[N+]c1cccc(-c2ccc(C3(O)CCCCC3)cc2)c1. The van der Waals surface area contributed by atoms with E-state index in [1.54, 1.807) is 0 Å². The second-order valence-corrected chi connectivity index (χ2v) is 5.83. The summed E-state index contributed by atoms with van der Waals surface area (Å²) in [5.41, 5.74) is 3.17. The molecular formula is C19H19NO. The number of nitrogens with zero attached hydrogens (tertiary/aromatic N) is 1. The number of aliphatic hydroxyl groups is 1. The minimum Gasteiger partial charge on any atom is -0.385 e.